The van der Waals surface area contributed by atoms with Crippen LogP contribution in [0.4, 0.5) is 5.69 Å². The monoisotopic (exact) mass is 479 g/mol. The fourth-order valence-corrected chi connectivity index (χ4v) is 5.74. The van der Waals surface area contributed by atoms with Gasteiger partial charge in [0.25, 0.3) is 0 Å². The molecule has 0 amide bonds. The molecule has 0 bridgehead atoms. The SMILES string of the molecule is COc1ccc(N(C)S(=O)(=O)Cc2ccccc2)cc1CNC1CCCNC1c1ccccc1. The molecule has 1 fully saturated rings. The molecule has 2 N–H and O–H groups in total. The van der Waals surface area contributed by atoms with Gasteiger partial charge in [-0.1, -0.05) is 60.7 Å². The third kappa shape index (κ3) is 5.78. The van der Waals surface area contributed by atoms with Crippen LogP contribution in [-0.2, 0) is 22.3 Å². The number of methoxy groups -OCH3 is 1. The summed E-state index contributed by atoms with van der Waals surface area (Å²) < 4.78 is 33.0. The van der Waals surface area contributed by atoms with E-state index < -0.39 is 10.0 Å². The molecular formula is C27H33N3O3S. The number of hydrogen-bond donors (Lipinski definition) is 2. The van der Waals surface area contributed by atoms with Crippen molar-refractivity contribution in [2.24, 2.45) is 0 Å². The Bertz CT molecular complexity index is 1170. The molecule has 6 nitrogen and oxygen atoms in total. The maximum absolute atomic E-state index is 13.0. The molecule has 0 aromatic heterocycles. The summed E-state index contributed by atoms with van der Waals surface area (Å²) in [5.74, 6) is 0.696. The average Bonchev–Trinajstić information content (AvgIpc) is 2.88. The molecule has 180 valence electrons. The molecule has 0 aliphatic carbocycles. The summed E-state index contributed by atoms with van der Waals surface area (Å²) in [6.07, 6.45) is 2.18. The lowest BCUT2D eigenvalue weighted by Crippen LogP contribution is -2.45. The smallest absolute Gasteiger partial charge is 0.239 e. The quantitative estimate of drug-likeness (QED) is 0.480. The van der Waals surface area contributed by atoms with Crippen molar-refractivity contribution in [3.8, 4) is 5.75 Å². The number of anilines is 1. The topological polar surface area (TPSA) is 70.7 Å². The Morgan fingerprint density at radius 3 is 2.44 bits per heavy atom. The van der Waals surface area contributed by atoms with Crippen LogP contribution in [0.3, 0.4) is 0 Å². The van der Waals surface area contributed by atoms with Crippen LogP contribution in [0.2, 0.25) is 0 Å². The van der Waals surface area contributed by atoms with Crippen molar-refractivity contribution in [3.63, 3.8) is 0 Å². The predicted molar refractivity (Wildman–Crippen MR) is 138 cm³/mol. The van der Waals surface area contributed by atoms with E-state index in [2.05, 4.69) is 34.9 Å². The van der Waals surface area contributed by atoms with Crippen LogP contribution in [-0.4, -0.2) is 35.2 Å². The molecule has 3 aromatic carbocycles. The first-order valence-corrected chi connectivity index (χ1v) is 13.3. The first-order chi connectivity index (χ1) is 16.5. The molecule has 3 aromatic rings. The zero-order valence-corrected chi connectivity index (χ0v) is 20.6. The Kier molecular flexibility index (Phi) is 7.88. The van der Waals surface area contributed by atoms with E-state index in [9.17, 15) is 8.42 Å². The number of nitrogens with zero attached hydrogens (tertiary/aromatic N) is 1. The molecular weight excluding hydrogens is 446 g/mol. The zero-order valence-electron chi connectivity index (χ0n) is 19.8. The van der Waals surface area contributed by atoms with Gasteiger partial charge >= 0.3 is 0 Å². The van der Waals surface area contributed by atoms with Gasteiger partial charge in [-0.05, 0) is 48.7 Å². The number of rotatable bonds is 9. The second-order valence-electron chi connectivity index (χ2n) is 8.68. The summed E-state index contributed by atoms with van der Waals surface area (Å²) in [4.78, 5) is 0. The highest BCUT2D eigenvalue weighted by Crippen LogP contribution is 2.29. The third-order valence-corrected chi connectivity index (χ3v) is 8.15. The van der Waals surface area contributed by atoms with Crippen molar-refractivity contribution in [1.82, 2.24) is 10.6 Å². The lowest BCUT2D eigenvalue weighted by Gasteiger charge is -2.34. The second kappa shape index (κ2) is 11.0. The fourth-order valence-electron chi connectivity index (χ4n) is 4.50. The van der Waals surface area contributed by atoms with Gasteiger partial charge in [0.1, 0.15) is 5.75 Å². The molecule has 1 saturated heterocycles. The molecule has 0 radical (unpaired) electrons. The van der Waals surface area contributed by atoms with E-state index >= 15 is 0 Å². The van der Waals surface area contributed by atoms with Crippen molar-refractivity contribution < 1.29 is 13.2 Å². The molecule has 34 heavy (non-hydrogen) atoms. The summed E-state index contributed by atoms with van der Waals surface area (Å²) in [5, 5.41) is 7.34. The number of piperidine rings is 1. The lowest BCUT2D eigenvalue weighted by molar-refractivity contribution is 0.303. The number of nitrogens with one attached hydrogen (secondary N) is 2. The van der Waals surface area contributed by atoms with Gasteiger partial charge in [-0.3, -0.25) is 4.31 Å². The van der Waals surface area contributed by atoms with Crippen LogP contribution >= 0.6 is 0 Å². The summed E-state index contributed by atoms with van der Waals surface area (Å²) >= 11 is 0. The molecule has 2 unspecified atom stereocenters. The van der Waals surface area contributed by atoms with Gasteiger partial charge in [-0.15, -0.1) is 0 Å². The number of benzene rings is 3. The van der Waals surface area contributed by atoms with Crippen LogP contribution < -0.4 is 19.7 Å². The maximum Gasteiger partial charge on any atom is 0.239 e. The highest BCUT2D eigenvalue weighted by molar-refractivity contribution is 7.92. The van der Waals surface area contributed by atoms with Crippen molar-refractivity contribution in [2.75, 3.05) is 25.0 Å². The largest absolute Gasteiger partial charge is 0.496 e. The average molecular weight is 480 g/mol. The Morgan fingerprint density at radius 2 is 1.74 bits per heavy atom. The molecule has 0 saturated carbocycles. The van der Waals surface area contributed by atoms with E-state index in [0.29, 0.717) is 12.2 Å². The summed E-state index contributed by atoms with van der Waals surface area (Å²) in [6, 6.07) is 25.8. The summed E-state index contributed by atoms with van der Waals surface area (Å²) in [5.41, 5.74) is 3.59. The summed E-state index contributed by atoms with van der Waals surface area (Å²) in [6.45, 7) is 1.58. The molecule has 2 atom stereocenters. The number of sulfonamides is 1. The molecule has 0 spiro atoms. The second-order valence-corrected chi connectivity index (χ2v) is 10.7. The minimum atomic E-state index is -3.52. The van der Waals surface area contributed by atoms with Crippen LogP contribution in [0.15, 0.2) is 78.9 Å². The van der Waals surface area contributed by atoms with Gasteiger partial charge in [-0.25, -0.2) is 8.42 Å². The minimum absolute atomic E-state index is 0.0452. The van der Waals surface area contributed by atoms with Gasteiger partial charge in [-0.2, -0.15) is 0 Å². The van der Waals surface area contributed by atoms with E-state index in [1.54, 1.807) is 20.2 Å². The van der Waals surface area contributed by atoms with Crippen molar-refractivity contribution in [2.45, 2.75) is 37.2 Å². The Morgan fingerprint density at radius 1 is 1.03 bits per heavy atom. The zero-order chi connectivity index (χ0) is 24.0. The van der Waals surface area contributed by atoms with E-state index in [0.717, 1.165) is 36.3 Å². The van der Waals surface area contributed by atoms with Gasteiger partial charge in [0, 0.05) is 31.2 Å². The Balaban J connectivity index is 1.51. The van der Waals surface area contributed by atoms with Crippen molar-refractivity contribution in [3.05, 3.63) is 95.6 Å². The van der Waals surface area contributed by atoms with E-state index in [1.807, 2.05) is 48.5 Å². The van der Waals surface area contributed by atoms with E-state index in [-0.39, 0.29) is 17.8 Å². The van der Waals surface area contributed by atoms with Crippen LogP contribution in [0.5, 0.6) is 5.75 Å². The summed E-state index contributed by atoms with van der Waals surface area (Å²) in [7, 11) is -0.274. The predicted octanol–water partition coefficient (Wildman–Crippen LogP) is 4.24. The third-order valence-electron chi connectivity index (χ3n) is 6.41. The van der Waals surface area contributed by atoms with Crippen LogP contribution in [0.1, 0.15) is 35.6 Å². The number of ether oxygens (including phenoxy) is 1. The fraction of sp³-hybridized carbons (Fsp3) is 0.333. The Hall–Kier alpha value is -2.87. The van der Waals surface area contributed by atoms with E-state index in [4.69, 9.17) is 4.74 Å². The molecule has 1 aliphatic rings. The maximum atomic E-state index is 13.0. The highest BCUT2D eigenvalue weighted by atomic mass is 32.2. The lowest BCUT2D eigenvalue weighted by atomic mass is 9.92. The van der Waals surface area contributed by atoms with Crippen LogP contribution in [0, 0.1) is 0 Å². The Labute approximate surface area is 203 Å². The van der Waals surface area contributed by atoms with Crippen molar-refractivity contribution >= 4 is 15.7 Å². The van der Waals surface area contributed by atoms with E-state index in [1.165, 1.54) is 9.87 Å². The molecule has 1 aliphatic heterocycles. The molecule has 1 heterocycles. The van der Waals surface area contributed by atoms with Crippen molar-refractivity contribution in [1.29, 1.82) is 0 Å². The molecule has 7 heteroatoms. The highest BCUT2D eigenvalue weighted by Gasteiger charge is 2.26. The number of hydrogen-bond acceptors (Lipinski definition) is 5. The van der Waals surface area contributed by atoms with Gasteiger partial charge in [0.15, 0.2) is 0 Å². The van der Waals surface area contributed by atoms with Gasteiger partial charge in [0.2, 0.25) is 10.0 Å². The minimum Gasteiger partial charge on any atom is -0.496 e. The standard InChI is InChI=1S/C27H33N3O3S/c1-30(34(31,32)20-21-10-5-3-6-11-21)24-15-16-26(33-2)23(18-24)19-29-25-14-9-17-28-27(25)22-12-7-4-8-13-22/h3-8,10-13,15-16,18,25,27-29H,9,14,17,19-20H2,1-2H3. The first kappa shape index (κ1) is 24.3. The normalized spacial score (nSPS) is 18.4. The van der Waals surface area contributed by atoms with Gasteiger partial charge < -0.3 is 15.4 Å². The molecule has 4 rings (SSSR count). The first-order valence-electron chi connectivity index (χ1n) is 11.7. The van der Waals surface area contributed by atoms with Crippen LogP contribution in [0.25, 0.3) is 0 Å². The van der Waals surface area contributed by atoms with Gasteiger partial charge in [0.05, 0.1) is 18.6 Å².